The fraction of sp³-hybridized carbons (Fsp3) is 0.176. The van der Waals surface area contributed by atoms with Gasteiger partial charge in [-0.1, -0.05) is 6.07 Å². The molecule has 0 spiro atoms. The minimum Gasteiger partial charge on any atom is -0.429 e. The molecule has 1 N–H and O–H groups in total. The van der Waals surface area contributed by atoms with Gasteiger partial charge in [-0.05, 0) is 36.4 Å². The molecule has 0 aliphatic rings. The van der Waals surface area contributed by atoms with Crippen LogP contribution in [-0.4, -0.2) is 30.8 Å². The molecule has 0 aliphatic carbocycles. The SMILES string of the molecule is O=C(NC(=O)N(Cl)c1ccc(OC(F)(F)C(F)OC(F)(F)F)cc1)c1c(F)cccc1F. The number of imide groups is 1. The molecule has 6 nitrogen and oxygen atoms in total. The number of halogens is 9. The largest absolute Gasteiger partial charge is 0.525 e. The average Bonchev–Trinajstić information content (AvgIpc) is 2.66. The molecule has 0 aromatic heterocycles. The summed E-state index contributed by atoms with van der Waals surface area (Å²) in [6.45, 7) is 0. The van der Waals surface area contributed by atoms with Crippen molar-refractivity contribution < 1.29 is 54.2 Å². The first kappa shape index (κ1) is 25.1. The summed E-state index contributed by atoms with van der Waals surface area (Å²) in [4.78, 5) is 23.9. The molecule has 0 radical (unpaired) electrons. The number of nitrogens with zero attached hydrogens (tertiary/aromatic N) is 1. The highest BCUT2D eigenvalue weighted by molar-refractivity contribution is 6.37. The normalized spacial score (nSPS) is 12.8. The van der Waals surface area contributed by atoms with Crippen molar-refractivity contribution in [2.24, 2.45) is 0 Å². The van der Waals surface area contributed by atoms with Gasteiger partial charge in [-0.2, -0.15) is 8.78 Å². The van der Waals surface area contributed by atoms with Crippen molar-refractivity contribution in [2.75, 3.05) is 4.42 Å². The zero-order valence-corrected chi connectivity index (χ0v) is 15.9. The Kier molecular flexibility index (Phi) is 7.51. The van der Waals surface area contributed by atoms with Crippen molar-refractivity contribution in [1.82, 2.24) is 5.32 Å². The number of amides is 3. The van der Waals surface area contributed by atoms with Crippen LogP contribution in [0.4, 0.5) is 45.6 Å². The highest BCUT2D eigenvalue weighted by Gasteiger charge is 2.50. The monoisotopic (exact) mass is 492 g/mol. The van der Waals surface area contributed by atoms with Crippen LogP contribution in [0, 0.1) is 11.6 Å². The average molecular weight is 493 g/mol. The lowest BCUT2D eigenvalue weighted by Gasteiger charge is -2.22. The summed E-state index contributed by atoms with van der Waals surface area (Å²) in [5, 5.41) is 1.58. The summed E-state index contributed by atoms with van der Waals surface area (Å²) in [5.41, 5.74) is -1.37. The Labute approximate surface area is 178 Å². The van der Waals surface area contributed by atoms with Crippen LogP contribution < -0.4 is 14.5 Å². The smallest absolute Gasteiger partial charge is 0.429 e. The molecule has 3 amide bonds. The van der Waals surface area contributed by atoms with Crippen molar-refractivity contribution in [3.05, 3.63) is 59.7 Å². The van der Waals surface area contributed by atoms with E-state index in [4.69, 9.17) is 11.8 Å². The van der Waals surface area contributed by atoms with Crippen LogP contribution in [0.3, 0.4) is 0 Å². The Hall–Kier alpha value is -3.13. The molecule has 174 valence electrons. The van der Waals surface area contributed by atoms with Crippen LogP contribution in [0.15, 0.2) is 42.5 Å². The van der Waals surface area contributed by atoms with Crippen LogP contribution in [0.1, 0.15) is 10.4 Å². The number of alkyl halides is 6. The number of carbonyl (C=O) groups is 2. The first-order valence-electron chi connectivity index (χ1n) is 8.02. The molecule has 2 aromatic carbocycles. The molecule has 0 saturated carbocycles. The highest BCUT2D eigenvalue weighted by atomic mass is 35.5. The van der Waals surface area contributed by atoms with E-state index in [1.807, 2.05) is 0 Å². The fourth-order valence-corrected chi connectivity index (χ4v) is 2.23. The molecular weight excluding hydrogens is 484 g/mol. The minimum absolute atomic E-state index is 0.212. The Morgan fingerprint density at radius 3 is 2.00 bits per heavy atom. The van der Waals surface area contributed by atoms with E-state index < -0.39 is 53.7 Å². The maximum atomic E-state index is 13.6. The number of benzene rings is 2. The summed E-state index contributed by atoms with van der Waals surface area (Å²) in [6, 6.07) is 4.09. The Balaban J connectivity index is 2.05. The molecule has 0 saturated heterocycles. The maximum Gasteiger partial charge on any atom is 0.525 e. The van der Waals surface area contributed by atoms with Gasteiger partial charge in [-0.3, -0.25) is 10.1 Å². The van der Waals surface area contributed by atoms with E-state index in [0.29, 0.717) is 12.1 Å². The van der Waals surface area contributed by atoms with Gasteiger partial charge < -0.3 is 4.74 Å². The summed E-state index contributed by atoms with van der Waals surface area (Å²) in [7, 11) is 0. The lowest BCUT2D eigenvalue weighted by Crippen LogP contribution is -2.41. The van der Waals surface area contributed by atoms with Gasteiger partial charge in [-0.15, -0.1) is 13.2 Å². The van der Waals surface area contributed by atoms with E-state index in [9.17, 15) is 44.7 Å². The molecule has 15 heteroatoms. The van der Waals surface area contributed by atoms with Crippen LogP contribution in [0.2, 0.25) is 0 Å². The van der Waals surface area contributed by atoms with Crippen molar-refractivity contribution >= 4 is 29.4 Å². The van der Waals surface area contributed by atoms with Crippen LogP contribution in [0.25, 0.3) is 0 Å². The Bertz CT molecular complexity index is 967. The number of nitrogens with one attached hydrogen (secondary N) is 1. The summed E-state index contributed by atoms with van der Waals surface area (Å²) in [5.74, 6) is -4.85. The number of ether oxygens (including phenoxy) is 2. The van der Waals surface area contributed by atoms with Gasteiger partial charge in [0.05, 0.1) is 5.69 Å². The highest BCUT2D eigenvalue weighted by Crippen LogP contribution is 2.32. The quantitative estimate of drug-likeness (QED) is 0.440. The van der Waals surface area contributed by atoms with E-state index in [0.717, 1.165) is 30.3 Å². The van der Waals surface area contributed by atoms with E-state index in [1.165, 1.54) is 0 Å². The topological polar surface area (TPSA) is 67.9 Å². The van der Waals surface area contributed by atoms with Gasteiger partial charge in [0.15, 0.2) is 0 Å². The molecule has 32 heavy (non-hydrogen) atoms. The Morgan fingerprint density at radius 1 is 0.969 bits per heavy atom. The summed E-state index contributed by atoms with van der Waals surface area (Å²) < 4.78 is 109. The molecule has 0 aliphatic heterocycles. The molecule has 1 unspecified atom stereocenters. The third-order valence-electron chi connectivity index (χ3n) is 3.41. The lowest BCUT2D eigenvalue weighted by atomic mass is 10.2. The van der Waals surface area contributed by atoms with Gasteiger partial charge in [-0.25, -0.2) is 27.1 Å². The maximum absolute atomic E-state index is 13.6. The molecule has 2 rings (SSSR count). The number of hydrogen-bond donors (Lipinski definition) is 1. The second kappa shape index (κ2) is 9.56. The van der Waals surface area contributed by atoms with Crippen LogP contribution in [-0.2, 0) is 4.74 Å². The van der Waals surface area contributed by atoms with E-state index in [2.05, 4.69) is 9.47 Å². The van der Waals surface area contributed by atoms with E-state index >= 15 is 0 Å². The summed E-state index contributed by atoms with van der Waals surface area (Å²) in [6.07, 6.45) is -14.9. The zero-order chi connectivity index (χ0) is 24.3. The Morgan fingerprint density at radius 2 is 1.50 bits per heavy atom. The standard InChI is InChI=1S/C17H9ClF8N2O4/c18-28(15(30)27-13(29)12-10(19)2-1-3-11(12)20)8-4-6-9(7-5-8)31-16(22,23)14(21)32-17(24,25)26/h1-7,14H,(H,27,29,30). The van der Waals surface area contributed by atoms with Gasteiger partial charge in [0.25, 0.3) is 5.91 Å². The first-order chi connectivity index (χ1) is 14.7. The van der Waals surface area contributed by atoms with Crippen molar-refractivity contribution in [2.45, 2.75) is 18.8 Å². The van der Waals surface area contributed by atoms with E-state index in [-0.39, 0.29) is 10.1 Å². The third kappa shape index (κ3) is 6.43. The van der Waals surface area contributed by atoms with Gasteiger partial charge >= 0.3 is 24.9 Å². The lowest BCUT2D eigenvalue weighted by molar-refractivity contribution is -0.411. The summed E-state index contributed by atoms with van der Waals surface area (Å²) >= 11 is 5.66. The molecule has 0 fully saturated rings. The number of rotatable bonds is 6. The predicted octanol–water partition coefficient (Wildman–Crippen LogP) is 5.28. The molecule has 2 aromatic rings. The van der Waals surface area contributed by atoms with Crippen molar-refractivity contribution in [3.8, 4) is 5.75 Å². The first-order valence-corrected chi connectivity index (χ1v) is 8.36. The van der Waals surface area contributed by atoms with Crippen molar-refractivity contribution in [3.63, 3.8) is 0 Å². The predicted molar refractivity (Wildman–Crippen MR) is 91.6 cm³/mol. The van der Waals surface area contributed by atoms with Gasteiger partial charge in [0, 0.05) is 11.8 Å². The minimum atomic E-state index is -5.69. The number of hydrogen-bond acceptors (Lipinski definition) is 4. The molecule has 1 atom stereocenters. The zero-order valence-electron chi connectivity index (χ0n) is 15.1. The van der Waals surface area contributed by atoms with Crippen LogP contribution >= 0.6 is 11.8 Å². The molecule has 0 bridgehead atoms. The second-order valence-corrected chi connectivity index (χ2v) is 6.01. The second-order valence-electron chi connectivity index (χ2n) is 5.67. The fourth-order valence-electron chi connectivity index (χ4n) is 2.08. The molecular formula is C17H9ClF8N2O4. The number of carbonyl (C=O) groups excluding carboxylic acids is 2. The van der Waals surface area contributed by atoms with Crippen LogP contribution in [0.5, 0.6) is 5.75 Å². The number of anilines is 1. The van der Waals surface area contributed by atoms with Gasteiger partial charge in [0.1, 0.15) is 22.9 Å². The van der Waals surface area contributed by atoms with Crippen molar-refractivity contribution in [1.29, 1.82) is 0 Å². The third-order valence-corrected chi connectivity index (χ3v) is 3.76. The van der Waals surface area contributed by atoms with E-state index in [1.54, 1.807) is 5.32 Å². The molecule has 0 heterocycles. The van der Waals surface area contributed by atoms with Gasteiger partial charge in [0.2, 0.25) is 0 Å². The number of urea groups is 1.